The molecule has 4 rings (SSSR count). The Morgan fingerprint density at radius 3 is 0.722 bits per heavy atom. The molecule has 2 aliphatic rings. The molecule has 2 aromatic rings. The fourth-order valence-corrected chi connectivity index (χ4v) is 3.12. The van der Waals surface area contributed by atoms with E-state index >= 15 is 0 Å². The number of hydrogen-bond donors (Lipinski definition) is 0. The topological polar surface area (TPSA) is 156 Å². The zero-order valence-electron chi connectivity index (χ0n) is 46.8. The van der Waals surface area contributed by atoms with E-state index in [0.29, 0.717) is 0 Å². The summed E-state index contributed by atoms with van der Waals surface area (Å²) in [6.07, 6.45) is 19.7. The van der Waals surface area contributed by atoms with Gasteiger partial charge in [0.25, 0.3) is 0 Å². The summed E-state index contributed by atoms with van der Waals surface area (Å²) in [5, 5.41) is 8.46. The predicted molar refractivity (Wildman–Crippen MR) is 304 cm³/mol. The third-order valence-electron chi connectivity index (χ3n) is 5.34. The summed E-state index contributed by atoms with van der Waals surface area (Å²) in [6, 6.07) is 11.9. The molecule has 0 amide bonds. The van der Waals surface area contributed by atoms with E-state index in [1.165, 1.54) is 0 Å². The molecule has 0 unspecified atom stereocenters. The van der Waals surface area contributed by atoms with Gasteiger partial charge in [-0.3, -0.25) is 50.7 Å². The molecule has 0 aromatic carbocycles. The Morgan fingerprint density at radius 2 is 0.583 bits per heavy atom. The molecule has 72 heavy (non-hydrogen) atoms. The zero-order chi connectivity index (χ0) is 49.6. The summed E-state index contributed by atoms with van der Waals surface area (Å²) in [4.78, 5) is 55.1. The molecule has 2 aromatic heterocycles. The first kappa shape index (κ1) is 144. The molecule has 431 valence electrons. The first-order valence-corrected chi connectivity index (χ1v) is 18.7. The second-order valence-corrected chi connectivity index (χ2v) is 8.26. The molecule has 4 heterocycles. The average molecular weight is 1240 g/mol. The third kappa shape index (κ3) is 104. The predicted octanol–water partition coefficient (Wildman–Crippen LogP) is 14.8. The van der Waals surface area contributed by atoms with Crippen LogP contribution < -0.4 is 0 Å². The quantitative estimate of drug-likeness (QED) is 0.157. The van der Waals surface area contributed by atoms with Crippen molar-refractivity contribution in [1.82, 2.24) is 9.97 Å². The summed E-state index contributed by atoms with van der Waals surface area (Å²) >= 11 is 0. The minimum Gasteiger partial charge on any atom is -0.749 e. The maximum atomic E-state index is 7.75. The molecular weight excluding hydrogens is 1150 g/mol. The van der Waals surface area contributed by atoms with Gasteiger partial charge in [0.05, 0.1) is 0 Å². The summed E-state index contributed by atoms with van der Waals surface area (Å²) in [6.45, 7) is 65.2. The molecule has 0 saturated heterocycles. The van der Waals surface area contributed by atoms with E-state index in [0.717, 1.165) is 84.1 Å². The first-order valence-electron chi connectivity index (χ1n) is 18.7. The molecule has 0 fully saturated rings. The molecule has 0 bridgehead atoms. The Hall–Kier alpha value is -2.72. The van der Waals surface area contributed by atoms with Crippen LogP contribution in [-0.2, 0) is 155 Å². The second-order valence-electron chi connectivity index (χ2n) is 8.26. The van der Waals surface area contributed by atoms with Crippen LogP contribution in [0.2, 0.25) is 0 Å². The van der Waals surface area contributed by atoms with Crippen molar-refractivity contribution in [3.63, 3.8) is 0 Å². The normalized spacial score (nSPS) is 9.08. The van der Waals surface area contributed by atoms with Crippen LogP contribution in [0.15, 0.2) is 108 Å². The molecule has 15 heteroatoms. The Bertz CT molecular complexity index is 1190. The third-order valence-corrected chi connectivity index (χ3v) is 5.34. The molecule has 0 atom stereocenters. The van der Waals surface area contributed by atoms with E-state index in [4.69, 9.17) is 28.8 Å². The van der Waals surface area contributed by atoms with Crippen LogP contribution in [0, 0.1) is 107 Å². The second kappa shape index (κ2) is 151. The fraction of sp³-hybridized carbons (Fsp3) is 0.246. The minimum absolute atomic E-state index is 0. The van der Waals surface area contributed by atoms with Gasteiger partial charge in [-0.1, -0.05) is 91.8 Å². The molecule has 10 nitrogen and oxygen atoms in total. The Morgan fingerprint density at radius 1 is 0.403 bits per heavy atom. The zero-order valence-corrected chi connectivity index (χ0v) is 54.3. The van der Waals surface area contributed by atoms with E-state index in [1.807, 2.05) is 128 Å². The standard InChI is InChI=1S/2C9H11N.2C9H10N.4C2H6.6CHO.7CH3.4Mn.Y/c4*1-3-8-6-5-7-9(4-2)10-8;10*1-2;;;;;;;;;;;;/h2*5-7H,1-4H2;2*3,5-7H,1-2,4H2;4*1-2H3;6*1H;7*1H3;;;;;/q2*-2;2*-3;;;;;13*-1;;;;;. The van der Waals surface area contributed by atoms with Crippen LogP contribution in [-0.4, -0.2) is 50.7 Å². The number of rotatable bonds is 6. The minimum atomic E-state index is 0. The van der Waals surface area contributed by atoms with Gasteiger partial charge in [0.15, 0.2) is 0 Å². The van der Waals surface area contributed by atoms with E-state index in [9.17, 15) is 0 Å². The van der Waals surface area contributed by atoms with E-state index < -0.39 is 0 Å². The number of carbonyl (C=O) groups excluding carboxylic acids is 6. The van der Waals surface area contributed by atoms with Crippen molar-refractivity contribution in [2.75, 3.05) is 0 Å². The van der Waals surface area contributed by atoms with Crippen molar-refractivity contribution in [1.29, 1.82) is 0 Å². The van der Waals surface area contributed by atoms with Crippen LogP contribution >= 0.6 is 0 Å². The van der Waals surface area contributed by atoms with Gasteiger partial charge in [-0.05, 0) is 24.3 Å². The number of pyridine rings is 2. The largest absolute Gasteiger partial charge is 0.749 e. The average Bonchev–Trinajstić information content (AvgIpc) is 3.40. The molecule has 0 spiro atoms. The van der Waals surface area contributed by atoms with Crippen molar-refractivity contribution >= 4 is 40.7 Å². The van der Waals surface area contributed by atoms with Gasteiger partial charge >= 0.3 is 0 Å². The van der Waals surface area contributed by atoms with Gasteiger partial charge < -0.3 is 144 Å². The van der Waals surface area contributed by atoms with Crippen LogP contribution in [0.1, 0.15) is 91.0 Å². The SMILES string of the molecule is CC.CC.CC.CC.[CH-]=O.[CH-]=O.[CH-]=O.[CH-]=O.[CH-]=O.[CH-]=O.[CH2-]C=C1C=CC=C(C[CH2-])[N-]1.[CH2-]C=C1C=CC=C(C[CH2-])[N-]1.[CH2-]Cc1cccc(C[CH2-])n1.[CH2-]Cc1cccc(C[CH2-])n1.[CH3-].[CH3-].[CH3-].[CH3-].[CH3-].[CH3-].[CH3-].[Mn].[Mn].[Mn].[Mn].[Y]. The van der Waals surface area contributed by atoms with Gasteiger partial charge in [0, 0.05) is 124 Å². The van der Waals surface area contributed by atoms with E-state index in [-0.39, 0.29) is 153 Å². The van der Waals surface area contributed by atoms with E-state index in [2.05, 4.69) is 117 Å². The van der Waals surface area contributed by atoms with Crippen molar-refractivity contribution < 1.29 is 130 Å². The Labute approximate surface area is 518 Å². The Kier molecular flexibility index (Phi) is 303. The van der Waals surface area contributed by atoms with Crippen molar-refractivity contribution in [2.45, 2.75) is 93.9 Å². The van der Waals surface area contributed by atoms with Crippen LogP contribution in [0.5, 0.6) is 0 Å². The summed E-state index contributed by atoms with van der Waals surface area (Å²) in [7, 11) is 0. The summed E-state index contributed by atoms with van der Waals surface area (Å²) < 4.78 is 0. The van der Waals surface area contributed by atoms with Crippen molar-refractivity contribution in [3.05, 3.63) is 249 Å². The van der Waals surface area contributed by atoms with E-state index in [1.54, 1.807) is 12.2 Å². The molecular formula is C57H93Mn4N4O6Y-23. The molecule has 0 aliphatic carbocycles. The Balaban J connectivity index is -0.0000000197. The molecule has 2 aliphatic heterocycles. The number of hydrogen-bond acceptors (Lipinski definition) is 8. The summed E-state index contributed by atoms with van der Waals surface area (Å²) in [5.74, 6) is 0. The van der Waals surface area contributed by atoms with Crippen LogP contribution in [0.3, 0.4) is 0 Å². The van der Waals surface area contributed by atoms with Crippen molar-refractivity contribution in [2.24, 2.45) is 0 Å². The summed E-state index contributed by atoms with van der Waals surface area (Å²) in [5.41, 5.74) is 8.03. The van der Waals surface area contributed by atoms with Gasteiger partial charge in [-0.25, -0.2) is 37.4 Å². The number of aromatic nitrogens is 2. The number of allylic oxidation sites excluding steroid dienone is 10. The van der Waals surface area contributed by atoms with Gasteiger partial charge in [-0.15, -0.1) is 25.7 Å². The molecule has 0 N–H and O–H groups in total. The van der Waals surface area contributed by atoms with Gasteiger partial charge in [0.2, 0.25) is 0 Å². The van der Waals surface area contributed by atoms with Crippen molar-refractivity contribution in [3.8, 4) is 0 Å². The maximum absolute atomic E-state index is 7.75. The van der Waals surface area contributed by atoms with Crippen LogP contribution in [0.25, 0.3) is 10.6 Å². The monoisotopic (exact) mass is 1240 g/mol. The number of nitrogens with zero attached hydrogens (tertiary/aromatic N) is 4. The van der Waals surface area contributed by atoms with Gasteiger partial charge in [0.1, 0.15) is 0 Å². The molecule has 5 radical (unpaired) electrons. The molecule has 0 saturated carbocycles. The van der Waals surface area contributed by atoms with Crippen LogP contribution in [0.4, 0.5) is 0 Å². The van der Waals surface area contributed by atoms with Gasteiger partial charge in [-0.2, -0.15) is 25.0 Å². The maximum Gasteiger partial charge on any atom is 0.0108 e. The smallest absolute Gasteiger partial charge is 0.0108 e. The first-order chi connectivity index (χ1) is 29.5. The fourth-order valence-electron chi connectivity index (χ4n) is 3.12.